The topological polar surface area (TPSA) is 99.8 Å². The first-order valence-corrected chi connectivity index (χ1v) is 10.9. The van der Waals surface area contributed by atoms with E-state index in [4.69, 9.17) is 4.74 Å². The summed E-state index contributed by atoms with van der Waals surface area (Å²) in [4.78, 5) is 39.1. The molecule has 30 heavy (non-hydrogen) atoms. The van der Waals surface area contributed by atoms with Gasteiger partial charge in [-0.05, 0) is 37.8 Å². The minimum Gasteiger partial charge on any atom is -0.477 e. The fourth-order valence-electron chi connectivity index (χ4n) is 4.01. The number of hydrogen-bond acceptors (Lipinski definition) is 5. The van der Waals surface area contributed by atoms with Gasteiger partial charge in [0.1, 0.15) is 5.75 Å². The highest BCUT2D eigenvalue weighted by molar-refractivity contribution is 5.97. The number of amides is 4. The zero-order chi connectivity index (χ0) is 21.5. The molecule has 1 atom stereocenters. The second-order valence-corrected chi connectivity index (χ2v) is 7.98. The van der Waals surface area contributed by atoms with Crippen LogP contribution in [0, 0.1) is 0 Å². The highest BCUT2D eigenvalue weighted by Crippen LogP contribution is 2.33. The van der Waals surface area contributed by atoms with Crippen molar-refractivity contribution in [2.24, 2.45) is 0 Å². The van der Waals surface area contributed by atoms with E-state index >= 15 is 0 Å². The number of imide groups is 1. The zero-order valence-corrected chi connectivity index (χ0v) is 17.8. The molecule has 1 unspecified atom stereocenters. The van der Waals surface area contributed by atoms with Crippen molar-refractivity contribution >= 4 is 23.5 Å². The molecule has 164 valence electrons. The number of carbonyl (C=O) groups is 3. The second-order valence-electron chi connectivity index (χ2n) is 7.98. The molecular weight excluding hydrogens is 384 g/mol. The second kappa shape index (κ2) is 10.3. The van der Waals surface area contributed by atoms with Crippen molar-refractivity contribution in [1.29, 1.82) is 0 Å². The summed E-state index contributed by atoms with van der Waals surface area (Å²) in [6, 6.07) is 7.07. The molecule has 0 bridgehead atoms. The Balaban J connectivity index is 1.62. The maximum absolute atomic E-state index is 12.7. The van der Waals surface area contributed by atoms with Gasteiger partial charge in [-0.2, -0.15) is 0 Å². The van der Waals surface area contributed by atoms with Crippen molar-refractivity contribution in [2.75, 3.05) is 18.0 Å². The van der Waals surface area contributed by atoms with Crippen molar-refractivity contribution in [3.8, 4) is 5.75 Å². The van der Waals surface area contributed by atoms with Gasteiger partial charge in [-0.25, -0.2) is 4.79 Å². The van der Waals surface area contributed by atoms with E-state index in [-0.39, 0.29) is 31.1 Å². The first kappa shape index (κ1) is 21.9. The van der Waals surface area contributed by atoms with Gasteiger partial charge in [0.05, 0.1) is 18.8 Å². The molecule has 3 N–H and O–H groups in total. The number of para-hydroxylation sites is 2. The van der Waals surface area contributed by atoms with Crippen LogP contribution in [0.25, 0.3) is 0 Å². The van der Waals surface area contributed by atoms with Crippen molar-refractivity contribution in [3.05, 3.63) is 24.3 Å². The van der Waals surface area contributed by atoms with Crippen LogP contribution in [0.1, 0.15) is 52.4 Å². The molecular formula is C22H32N4O4. The predicted molar refractivity (Wildman–Crippen MR) is 115 cm³/mol. The van der Waals surface area contributed by atoms with E-state index in [1.54, 1.807) is 11.0 Å². The SMILES string of the molecule is CCC(CC)NC(=O)C1CN(CC(=O)NC(=O)NC2CCCC2)c2ccccc2O1. The highest BCUT2D eigenvalue weighted by atomic mass is 16.5. The molecule has 0 radical (unpaired) electrons. The number of rotatable bonds is 7. The van der Waals surface area contributed by atoms with Gasteiger partial charge in [0.25, 0.3) is 5.91 Å². The van der Waals surface area contributed by atoms with Gasteiger partial charge in [-0.15, -0.1) is 0 Å². The average Bonchev–Trinajstić information content (AvgIpc) is 3.24. The lowest BCUT2D eigenvalue weighted by molar-refractivity contribution is -0.129. The van der Waals surface area contributed by atoms with Crippen molar-refractivity contribution in [1.82, 2.24) is 16.0 Å². The summed E-state index contributed by atoms with van der Waals surface area (Å²) in [5.41, 5.74) is 0.732. The summed E-state index contributed by atoms with van der Waals surface area (Å²) in [5, 5.41) is 8.26. The Morgan fingerprint density at radius 2 is 1.83 bits per heavy atom. The molecule has 8 nitrogen and oxygen atoms in total. The van der Waals surface area contributed by atoms with Crippen LogP contribution in [-0.2, 0) is 9.59 Å². The lowest BCUT2D eigenvalue weighted by Gasteiger charge is -2.35. The molecule has 1 aliphatic carbocycles. The Labute approximate surface area is 177 Å². The first-order chi connectivity index (χ1) is 14.5. The van der Waals surface area contributed by atoms with E-state index in [2.05, 4.69) is 16.0 Å². The molecule has 1 aliphatic heterocycles. The Bertz CT molecular complexity index is 759. The first-order valence-electron chi connectivity index (χ1n) is 10.9. The minimum absolute atomic E-state index is 0.0345. The quantitative estimate of drug-likeness (QED) is 0.634. The molecule has 0 saturated heterocycles. The van der Waals surface area contributed by atoms with E-state index in [0.29, 0.717) is 5.75 Å². The van der Waals surface area contributed by atoms with Gasteiger partial charge in [0.2, 0.25) is 5.91 Å². The van der Waals surface area contributed by atoms with Gasteiger partial charge >= 0.3 is 6.03 Å². The summed E-state index contributed by atoms with van der Waals surface area (Å²) in [6.07, 6.45) is 5.06. The molecule has 0 spiro atoms. The maximum atomic E-state index is 12.7. The largest absolute Gasteiger partial charge is 0.477 e. The minimum atomic E-state index is -0.722. The van der Waals surface area contributed by atoms with Gasteiger partial charge < -0.3 is 20.3 Å². The van der Waals surface area contributed by atoms with Crippen molar-refractivity contribution in [2.45, 2.75) is 70.6 Å². The lowest BCUT2D eigenvalue weighted by atomic mass is 10.1. The van der Waals surface area contributed by atoms with Gasteiger partial charge in [-0.3, -0.25) is 14.9 Å². The number of fused-ring (bicyclic) bond motifs is 1. The van der Waals surface area contributed by atoms with Crippen LogP contribution in [0.15, 0.2) is 24.3 Å². The average molecular weight is 417 g/mol. The molecule has 4 amide bonds. The van der Waals surface area contributed by atoms with Crippen molar-refractivity contribution < 1.29 is 19.1 Å². The third-order valence-corrected chi connectivity index (χ3v) is 5.76. The number of anilines is 1. The standard InChI is InChI=1S/C22H32N4O4/c1-3-15(4-2)23-21(28)19-13-26(17-11-7-8-12-18(17)30-19)14-20(27)25-22(29)24-16-9-5-6-10-16/h7-8,11-12,15-16,19H,3-6,9-10,13-14H2,1-2H3,(H,23,28)(H2,24,25,27,29). The Kier molecular flexibility index (Phi) is 7.54. The van der Waals surface area contributed by atoms with E-state index in [1.807, 2.05) is 32.0 Å². The third-order valence-electron chi connectivity index (χ3n) is 5.76. The van der Waals surface area contributed by atoms with Crippen LogP contribution < -0.4 is 25.6 Å². The Morgan fingerprint density at radius 3 is 2.53 bits per heavy atom. The number of nitrogens with zero attached hydrogens (tertiary/aromatic N) is 1. The normalized spacial score (nSPS) is 18.5. The van der Waals surface area contributed by atoms with Crippen LogP contribution in [0.3, 0.4) is 0 Å². The Hall–Kier alpha value is -2.77. The number of hydrogen-bond donors (Lipinski definition) is 3. The van der Waals surface area contributed by atoms with E-state index < -0.39 is 18.0 Å². The zero-order valence-electron chi connectivity index (χ0n) is 17.8. The van der Waals surface area contributed by atoms with Crippen LogP contribution in [0.4, 0.5) is 10.5 Å². The van der Waals surface area contributed by atoms with Gasteiger partial charge in [-0.1, -0.05) is 38.8 Å². The molecule has 1 aromatic carbocycles. The van der Waals surface area contributed by atoms with Gasteiger partial charge in [0, 0.05) is 12.1 Å². The number of ether oxygens (including phenoxy) is 1. The molecule has 2 aliphatic rings. The summed E-state index contributed by atoms with van der Waals surface area (Å²) >= 11 is 0. The van der Waals surface area contributed by atoms with Crippen LogP contribution in [0.2, 0.25) is 0 Å². The number of nitrogens with one attached hydrogen (secondary N) is 3. The van der Waals surface area contributed by atoms with Gasteiger partial charge in [0.15, 0.2) is 6.10 Å². The predicted octanol–water partition coefficient (Wildman–Crippen LogP) is 2.33. The van der Waals surface area contributed by atoms with Crippen LogP contribution in [0.5, 0.6) is 5.75 Å². The number of benzene rings is 1. The monoisotopic (exact) mass is 416 g/mol. The van der Waals surface area contributed by atoms with E-state index in [9.17, 15) is 14.4 Å². The Morgan fingerprint density at radius 1 is 1.13 bits per heavy atom. The van der Waals surface area contributed by atoms with E-state index in [1.165, 1.54) is 0 Å². The van der Waals surface area contributed by atoms with Crippen LogP contribution >= 0.6 is 0 Å². The number of urea groups is 1. The summed E-state index contributed by atoms with van der Waals surface area (Å²) in [5.74, 6) is -0.0550. The molecule has 1 saturated carbocycles. The fraction of sp³-hybridized carbons (Fsp3) is 0.591. The molecule has 1 aromatic rings. The molecule has 3 rings (SSSR count). The van der Waals surface area contributed by atoms with E-state index in [0.717, 1.165) is 44.2 Å². The number of carbonyl (C=O) groups excluding carboxylic acids is 3. The lowest BCUT2D eigenvalue weighted by Crippen LogP contribution is -2.53. The molecule has 1 heterocycles. The summed E-state index contributed by atoms with van der Waals surface area (Å²) < 4.78 is 5.90. The van der Waals surface area contributed by atoms with Crippen LogP contribution in [-0.4, -0.2) is 49.1 Å². The highest BCUT2D eigenvalue weighted by Gasteiger charge is 2.32. The van der Waals surface area contributed by atoms with Crippen molar-refractivity contribution in [3.63, 3.8) is 0 Å². The summed E-state index contributed by atoms with van der Waals surface area (Å²) in [6.45, 7) is 4.26. The molecule has 0 aromatic heterocycles. The smallest absolute Gasteiger partial charge is 0.321 e. The fourth-order valence-corrected chi connectivity index (χ4v) is 4.01. The third kappa shape index (κ3) is 5.64. The maximum Gasteiger partial charge on any atom is 0.321 e. The molecule has 1 fully saturated rings. The molecule has 8 heteroatoms. The summed E-state index contributed by atoms with van der Waals surface area (Å²) in [7, 11) is 0.